The van der Waals surface area contributed by atoms with E-state index in [2.05, 4.69) is 0 Å². The lowest BCUT2D eigenvalue weighted by Crippen LogP contribution is -2.11. The molecule has 1 aromatic carbocycles. The van der Waals surface area contributed by atoms with Gasteiger partial charge < -0.3 is 4.74 Å². The third kappa shape index (κ3) is 3.86. The van der Waals surface area contributed by atoms with E-state index >= 15 is 0 Å². The Morgan fingerprint density at radius 3 is 2.40 bits per heavy atom. The lowest BCUT2D eigenvalue weighted by molar-refractivity contribution is -0.138. The minimum absolute atomic E-state index is 0.153. The van der Waals surface area contributed by atoms with Gasteiger partial charge in [0.2, 0.25) is 0 Å². The van der Waals surface area contributed by atoms with E-state index in [1.165, 1.54) is 12.8 Å². The molecule has 108 valence electrons. The van der Waals surface area contributed by atoms with Crippen LogP contribution in [0.4, 0.5) is 0 Å². The van der Waals surface area contributed by atoms with E-state index in [9.17, 15) is 4.79 Å². The van der Waals surface area contributed by atoms with E-state index in [0.29, 0.717) is 6.61 Å². The topological polar surface area (TPSA) is 26.3 Å². The Balaban J connectivity index is 2.39. The van der Waals surface area contributed by atoms with Crippen molar-refractivity contribution in [1.82, 2.24) is 0 Å². The van der Waals surface area contributed by atoms with Crippen molar-refractivity contribution in [2.75, 3.05) is 6.61 Å². The zero-order valence-electron chi connectivity index (χ0n) is 12.0. The number of allylic oxidation sites excluding steroid dienone is 1. The third-order valence-electron chi connectivity index (χ3n) is 3.68. The molecule has 0 radical (unpaired) electrons. The van der Waals surface area contributed by atoms with Crippen LogP contribution in [0.25, 0.3) is 5.57 Å². The molecule has 0 bridgehead atoms. The number of hydrogen-bond donors (Lipinski definition) is 0. The van der Waals surface area contributed by atoms with Crippen LogP contribution in [0.15, 0.2) is 29.8 Å². The molecule has 0 atom stereocenters. The summed E-state index contributed by atoms with van der Waals surface area (Å²) in [5, 5.41) is 0.720. The van der Waals surface area contributed by atoms with Gasteiger partial charge in [0, 0.05) is 10.6 Å². The van der Waals surface area contributed by atoms with Gasteiger partial charge in [-0.25, -0.2) is 4.79 Å². The minimum atomic E-state index is -0.153. The van der Waals surface area contributed by atoms with Crippen molar-refractivity contribution in [3.63, 3.8) is 0 Å². The van der Waals surface area contributed by atoms with Crippen molar-refractivity contribution in [2.45, 2.75) is 45.4 Å². The van der Waals surface area contributed by atoms with Crippen LogP contribution in [-0.4, -0.2) is 12.6 Å². The Bertz CT molecular complexity index is 488. The van der Waals surface area contributed by atoms with E-state index in [1.54, 1.807) is 0 Å². The molecule has 20 heavy (non-hydrogen) atoms. The second kappa shape index (κ2) is 7.49. The molecule has 1 aromatic rings. The van der Waals surface area contributed by atoms with Crippen LogP contribution in [0.5, 0.6) is 0 Å². The summed E-state index contributed by atoms with van der Waals surface area (Å²) in [7, 11) is 0. The van der Waals surface area contributed by atoms with E-state index in [0.717, 1.165) is 47.4 Å². The second-order valence-corrected chi connectivity index (χ2v) is 5.54. The summed E-state index contributed by atoms with van der Waals surface area (Å²) in [6.45, 7) is 2.28. The molecule has 0 fully saturated rings. The van der Waals surface area contributed by atoms with Crippen LogP contribution in [0.1, 0.15) is 51.0 Å². The number of ether oxygens (including phenoxy) is 1. The van der Waals surface area contributed by atoms with Gasteiger partial charge in [0.05, 0.1) is 6.61 Å². The molecule has 3 heteroatoms. The number of carbonyl (C=O) groups excluding carboxylic acids is 1. The fourth-order valence-corrected chi connectivity index (χ4v) is 2.80. The average Bonchev–Trinajstić information content (AvgIpc) is 2.40. The third-order valence-corrected chi connectivity index (χ3v) is 3.93. The number of rotatable bonds is 3. The molecule has 2 nitrogen and oxygen atoms in total. The number of esters is 1. The summed E-state index contributed by atoms with van der Waals surface area (Å²) in [6.07, 6.45) is 6.36. The van der Waals surface area contributed by atoms with E-state index in [4.69, 9.17) is 16.3 Å². The van der Waals surface area contributed by atoms with Gasteiger partial charge in [0.15, 0.2) is 0 Å². The monoisotopic (exact) mass is 292 g/mol. The van der Waals surface area contributed by atoms with Gasteiger partial charge in [0.1, 0.15) is 0 Å². The molecule has 0 saturated heterocycles. The van der Waals surface area contributed by atoms with E-state index < -0.39 is 0 Å². The van der Waals surface area contributed by atoms with Crippen molar-refractivity contribution in [2.24, 2.45) is 0 Å². The number of benzene rings is 1. The van der Waals surface area contributed by atoms with Gasteiger partial charge >= 0.3 is 5.97 Å². The molecule has 0 unspecified atom stereocenters. The van der Waals surface area contributed by atoms with Crippen molar-refractivity contribution >= 4 is 23.1 Å². The minimum Gasteiger partial charge on any atom is -0.463 e. The SMILES string of the molecule is CCOC(=O)/C1=C(\c2ccc(Cl)cc2)CCCCCC1. The summed E-state index contributed by atoms with van der Waals surface area (Å²) in [4.78, 5) is 12.2. The summed E-state index contributed by atoms with van der Waals surface area (Å²) in [5.74, 6) is -0.153. The standard InChI is InChI=1S/C17H21ClO2/c1-2-20-17(19)16-8-6-4-3-5-7-15(16)13-9-11-14(18)12-10-13/h9-12H,2-8H2,1H3/b16-15-. The molecule has 1 aliphatic rings. The number of hydrogen-bond acceptors (Lipinski definition) is 2. The summed E-state index contributed by atoms with van der Waals surface area (Å²) in [5.41, 5.74) is 3.09. The summed E-state index contributed by atoms with van der Waals surface area (Å²) >= 11 is 5.95. The maximum atomic E-state index is 12.2. The molecular formula is C17H21ClO2. The molecule has 0 heterocycles. The summed E-state index contributed by atoms with van der Waals surface area (Å²) < 4.78 is 5.23. The van der Waals surface area contributed by atoms with Crippen molar-refractivity contribution < 1.29 is 9.53 Å². The van der Waals surface area contributed by atoms with Crippen molar-refractivity contribution in [3.8, 4) is 0 Å². The molecule has 1 aliphatic carbocycles. The Morgan fingerprint density at radius 2 is 1.75 bits per heavy atom. The quantitative estimate of drug-likeness (QED) is 0.732. The number of carbonyl (C=O) groups is 1. The second-order valence-electron chi connectivity index (χ2n) is 5.10. The van der Waals surface area contributed by atoms with Crippen LogP contribution < -0.4 is 0 Å². The van der Waals surface area contributed by atoms with Crippen molar-refractivity contribution in [3.05, 3.63) is 40.4 Å². The Hall–Kier alpha value is -1.28. The Kier molecular flexibility index (Phi) is 5.66. The predicted octanol–water partition coefficient (Wildman–Crippen LogP) is 5.01. The van der Waals surface area contributed by atoms with Gasteiger partial charge in [-0.15, -0.1) is 0 Å². The van der Waals surface area contributed by atoms with Crippen LogP contribution in [0.2, 0.25) is 5.02 Å². The van der Waals surface area contributed by atoms with Gasteiger partial charge in [-0.1, -0.05) is 36.6 Å². The predicted molar refractivity (Wildman–Crippen MR) is 82.7 cm³/mol. The largest absolute Gasteiger partial charge is 0.463 e. The molecular weight excluding hydrogens is 272 g/mol. The Morgan fingerprint density at radius 1 is 1.10 bits per heavy atom. The smallest absolute Gasteiger partial charge is 0.334 e. The zero-order valence-corrected chi connectivity index (χ0v) is 12.7. The highest BCUT2D eigenvalue weighted by Gasteiger charge is 2.19. The molecule has 2 rings (SSSR count). The van der Waals surface area contributed by atoms with Crippen LogP contribution >= 0.6 is 11.6 Å². The molecule has 0 N–H and O–H groups in total. The highest BCUT2D eigenvalue weighted by Crippen LogP contribution is 2.31. The highest BCUT2D eigenvalue weighted by molar-refractivity contribution is 6.30. The lowest BCUT2D eigenvalue weighted by Gasteiger charge is -2.18. The first-order valence-corrected chi connectivity index (χ1v) is 7.75. The van der Waals surface area contributed by atoms with Gasteiger partial charge in [-0.05, 0) is 55.9 Å². The van der Waals surface area contributed by atoms with E-state index in [1.807, 2.05) is 31.2 Å². The molecule has 0 saturated carbocycles. The van der Waals surface area contributed by atoms with E-state index in [-0.39, 0.29) is 5.97 Å². The highest BCUT2D eigenvalue weighted by atomic mass is 35.5. The fraction of sp³-hybridized carbons (Fsp3) is 0.471. The first kappa shape index (κ1) is 15.1. The molecule has 0 aromatic heterocycles. The zero-order chi connectivity index (χ0) is 14.4. The van der Waals surface area contributed by atoms with Crippen LogP contribution in [0.3, 0.4) is 0 Å². The maximum absolute atomic E-state index is 12.2. The first-order valence-electron chi connectivity index (χ1n) is 7.37. The summed E-state index contributed by atoms with van der Waals surface area (Å²) in [6, 6.07) is 7.76. The molecule has 0 amide bonds. The van der Waals surface area contributed by atoms with Crippen LogP contribution in [0, 0.1) is 0 Å². The molecule has 0 aliphatic heterocycles. The normalized spacial score (nSPS) is 20.1. The fourth-order valence-electron chi connectivity index (χ4n) is 2.67. The maximum Gasteiger partial charge on any atom is 0.334 e. The van der Waals surface area contributed by atoms with Gasteiger partial charge in [-0.2, -0.15) is 0 Å². The van der Waals surface area contributed by atoms with Crippen molar-refractivity contribution in [1.29, 1.82) is 0 Å². The number of halogens is 1. The average molecular weight is 293 g/mol. The van der Waals surface area contributed by atoms with Gasteiger partial charge in [0.25, 0.3) is 0 Å². The van der Waals surface area contributed by atoms with Gasteiger partial charge in [-0.3, -0.25) is 0 Å². The lowest BCUT2D eigenvalue weighted by atomic mass is 9.89. The van der Waals surface area contributed by atoms with Crippen LogP contribution in [-0.2, 0) is 9.53 Å². The first-order chi connectivity index (χ1) is 9.72. The Labute approximate surface area is 125 Å². The molecule has 0 spiro atoms.